The molecule has 4 heteroatoms. The van der Waals surface area contributed by atoms with Gasteiger partial charge in [-0.25, -0.2) is 0 Å². The molecule has 1 aliphatic rings. The Bertz CT molecular complexity index is 388. The maximum atomic E-state index is 11.0. The van der Waals surface area contributed by atoms with Crippen LogP contribution < -0.4 is 4.74 Å². The Morgan fingerprint density at radius 2 is 2.18 bits per heavy atom. The number of nitrogens with zero attached hydrogens (tertiary/aromatic N) is 1. The highest BCUT2D eigenvalue weighted by Crippen LogP contribution is 2.21. The zero-order chi connectivity index (χ0) is 12.3. The SMILES string of the molecule is COc1ccc(CN2CCC[C@H]2C(=O)O)cc1. The Hall–Kier alpha value is -1.55. The third-order valence-electron chi connectivity index (χ3n) is 3.19. The second-order valence-corrected chi connectivity index (χ2v) is 4.31. The first-order valence-electron chi connectivity index (χ1n) is 5.80. The molecule has 92 valence electrons. The molecule has 1 aromatic rings. The Morgan fingerprint density at radius 1 is 1.47 bits per heavy atom. The molecular formula is C13H17NO3. The molecule has 0 spiro atoms. The molecule has 0 saturated carbocycles. The van der Waals surface area contributed by atoms with Crippen molar-refractivity contribution < 1.29 is 14.6 Å². The Labute approximate surface area is 101 Å². The molecule has 0 aromatic heterocycles. The van der Waals surface area contributed by atoms with E-state index in [2.05, 4.69) is 0 Å². The predicted molar refractivity (Wildman–Crippen MR) is 64.1 cm³/mol. The third-order valence-corrected chi connectivity index (χ3v) is 3.19. The number of hydrogen-bond acceptors (Lipinski definition) is 3. The van der Waals surface area contributed by atoms with E-state index < -0.39 is 5.97 Å². The second-order valence-electron chi connectivity index (χ2n) is 4.31. The van der Waals surface area contributed by atoms with Crippen molar-refractivity contribution in [2.75, 3.05) is 13.7 Å². The molecule has 1 saturated heterocycles. The summed E-state index contributed by atoms with van der Waals surface area (Å²) in [4.78, 5) is 13.1. The summed E-state index contributed by atoms with van der Waals surface area (Å²) >= 11 is 0. The van der Waals surface area contributed by atoms with Crippen LogP contribution in [0.2, 0.25) is 0 Å². The molecule has 2 rings (SSSR count). The number of carboxylic acids is 1. The number of rotatable bonds is 4. The molecule has 1 aliphatic heterocycles. The maximum absolute atomic E-state index is 11.0. The van der Waals surface area contributed by atoms with E-state index in [1.54, 1.807) is 7.11 Å². The predicted octanol–water partition coefficient (Wildman–Crippen LogP) is 1.74. The van der Waals surface area contributed by atoms with Gasteiger partial charge in [0.15, 0.2) is 0 Å². The quantitative estimate of drug-likeness (QED) is 0.863. The summed E-state index contributed by atoms with van der Waals surface area (Å²) < 4.78 is 5.09. The third kappa shape index (κ3) is 2.77. The van der Waals surface area contributed by atoms with E-state index in [1.807, 2.05) is 29.2 Å². The van der Waals surface area contributed by atoms with Gasteiger partial charge in [0.2, 0.25) is 0 Å². The summed E-state index contributed by atoms with van der Waals surface area (Å²) in [6.45, 7) is 1.56. The lowest BCUT2D eigenvalue weighted by atomic mass is 10.2. The van der Waals surface area contributed by atoms with E-state index in [4.69, 9.17) is 9.84 Å². The summed E-state index contributed by atoms with van der Waals surface area (Å²) in [5, 5.41) is 9.08. The molecule has 1 fully saturated rings. The number of hydrogen-bond donors (Lipinski definition) is 1. The van der Waals surface area contributed by atoms with Crippen molar-refractivity contribution in [2.45, 2.75) is 25.4 Å². The van der Waals surface area contributed by atoms with E-state index in [0.717, 1.165) is 30.7 Å². The molecular weight excluding hydrogens is 218 g/mol. The van der Waals surface area contributed by atoms with Gasteiger partial charge in [-0.3, -0.25) is 9.69 Å². The number of benzene rings is 1. The highest BCUT2D eigenvalue weighted by molar-refractivity contribution is 5.73. The summed E-state index contributed by atoms with van der Waals surface area (Å²) in [5.41, 5.74) is 1.12. The Kier molecular flexibility index (Phi) is 3.64. The Morgan fingerprint density at radius 3 is 2.76 bits per heavy atom. The van der Waals surface area contributed by atoms with Gasteiger partial charge in [0.1, 0.15) is 11.8 Å². The van der Waals surface area contributed by atoms with E-state index in [-0.39, 0.29) is 6.04 Å². The molecule has 0 amide bonds. The number of carbonyl (C=O) groups is 1. The minimum atomic E-state index is -0.712. The summed E-state index contributed by atoms with van der Waals surface area (Å²) in [6, 6.07) is 7.45. The summed E-state index contributed by atoms with van der Waals surface area (Å²) in [5.74, 6) is 0.112. The molecule has 0 aliphatic carbocycles. The fraction of sp³-hybridized carbons (Fsp3) is 0.462. The molecule has 4 nitrogen and oxygen atoms in total. The molecule has 1 heterocycles. The lowest BCUT2D eigenvalue weighted by Gasteiger charge is -2.20. The van der Waals surface area contributed by atoms with Crippen LogP contribution in [0.25, 0.3) is 0 Å². The number of carboxylic acid groups (broad SMARTS) is 1. The molecule has 0 bridgehead atoms. The molecule has 1 aromatic carbocycles. The monoisotopic (exact) mass is 235 g/mol. The van der Waals surface area contributed by atoms with Crippen LogP contribution in [-0.2, 0) is 11.3 Å². The summed E-state index contributed by atoms with van der Waals surface area (Å²) in [6.07, 6.45) is 1.72. The average Bonchev–Trinajstić information content (AvgIpc) is 2.78. The molecule has 1 N–H and O–H groups in total. The van der Waals surface area contributed by atoms with Crippen molar-refractivity contribution in [3.8, 4) is 5.75 Å². The van der Waals surface area contributed by atoms with Crippen molar-refractivity contribution in [3.05, 3.63) is 29.8 Å². The average molecular weight is 235 g/mol. The number of likely N-dealkylation sites (tertiary alicyclic amines) is 1. The van der Waals surface area contributed by atoms with Gasteiger partial charge in [-0.15, -0.1) is 0 Å². The van der Waals surface area contributed by atoms with E-state index in [0.29, 0.717) is 6.54 Å². The fourth-order valence-corrected chi connectivity index (χ4v) is 2.26. The van der Waals surface area contributed by atoms with Crippen LogP contribution in [0.3, 0.4) is 0 Å². The van der Waals surface area contributed by atoms with Crippen LogP contribution in [0, 0.1) is 0 Å². The van der Waals surface area contributed by atoms with Crippen molar-refractivity contribution >= 4 is 5.97 Å². The smallest absolute Gasteiger partial charge is 0.320 e. The zero-order valence-corrected chi connectivity index (χ0v) is 9.93. The number of ether oxygens (including phenoxy) is 1. The van der Waals surface area contributed by atoms with Crippen LogP contribution >= 0.6 is 0 Å². The minimum Gasteiger partial charge on any atom is -0.497 e. The van der Waals surface area contributed by atoms with Crippen LogP contribution in [-0.4, -0.2) is 35.7 Å². The van der Waals surface area contributed by atoms with Crippen LogP contribution in [0.5, 0.6) is 5.75 Å². The van der Waals surface area contributed by atoms with Crippen molar-refractivity contribution in [1.29, 1.82) is 0 Å². The van der Waals surface area contributed by atoms with Gasteiger partial charge in [0.05, 0.1) is 7.11 Å². The topological polar surface area (TPSA) is 49.8 Å². The van der Waals surface area contributed by atoms with Gasteiger partial charge in [0, 0.05) is 6.54 Å². The van der Waals surface area contributed by atoms with Crippen molar-refractivity contribution in [1.82, 2.24) is 4.90 Å². The molecule has 1 atom stereocenters. The summed E-state index contributed by atoms with van der Waals surface area (Å²) in [7, 11) is 1.63. The number of aliphatic carboxylic acids is 1. The molecule has 0 unspecified atom stereocenters. The molecule has 17 heavy (non-hydrogen) atoms. The first-order valence-corrected chi connectivity index (χ1v) is 5.80. The van der Waals surface area contributed by atoms with E-state index in [9.17, 15) is 4.79 Å². The fourth-order valence-electron chi connectivity index (χ4n) is 2.26. The van der Waals surface area contributed by atoms with Gasteiger partial charge in [-0.2, -0.15) is 0 Å². The van der Waals surface area contributed by atoms with Crippen LogP contribution in [0.4, 0.5) is 0 Å². The normalized spacial score (nSPS) is 20.4. The maximum Gasteiger partial charge on any atom is 0.320 e. The highest BCUT2D eigenvalue weighted by Gasteiger charge is 2.30. The Balaban J connectivity index is 2.02. The van der Waals surface area contributed by atoms with E-state index >= 15 is 0 Å². The largest absolute Gasteiger partial charge is 0.497 e. The first-order chi connectivity index (χ1) is 8.20. The second kappa shape index (κ2) is 5.19. The lowest BCUT2D eigenvalue weighted by molar-refractivity contribution is -0.142. The molecule has 0 radical (unpaired) electrons. The van der Waals surface area contributed by atoms with Gasteiger partial charge in [-0.1, -0.05) is 12.1 Å². The van der Waals surface area contributed by atoms with Gasteiger partial charge in [-0.05, 0) is 37.1 Å². The highest BCUT2D eigenvalue weighted by atomic mass is 16.5. The lowest BCUT2D eigenvalue weighted by Crippen LogP contribution is -2.35. The van der Waals surface area contributed by atoms with Crippen LogP contribution in [0.1, 0.15) is 18.4 Å². The van der Waals surface area contributed by atoms with E-state index in [1.165, 1.54) is 0 Å². The van der Waals surface area contributed by atoms with Gasteiger partial charge < -0.3 is 9.84 Å². The zero-order valence-electron chi connectivity index (χ0n) is 9.93. The van der Waals surface area contributed by atoms with Crippen molar-refractivity contribution in [2.24, 2.45) is 0 Å². The van der Waals surface area contributed by atoms with Gasteiger partial charge >= 0.3 is 5.97 Å². The standard InChI is InChI=1S/C13H17NO3/c1-17-11-6-4-10(5-7-11)9-14-8-2-3-12(14)13(15)16/h4-7,12H,2-3,8-9H2,1H3,(H,15,16)/t12-/m0/s1. The number of methoxy groups -OCH3 is 1. The first kappa shape index (κ1) is 11.9. The minimum absolute atomic E-state index is 0.322. The van der Waals surface area contributed by atoms with Crippen LogP contribution in [0.15, 0.2) is 24.3 Å². The van der Waals surface area contributed by atoms with Gasteiger partial charge in [0.25, 0.3) is 0 Å². The van der Waals surface area contributed by atoms with Crippen molar-refractivity contribution in [3.63, 3.8) is 0 Å².